The minimum atomic E-state index is 0. The molecule has 1 amide bonds. The number of carbonyl (C=O) groups is 1. The highest BCUT2D eigenvalue weighted by atomic mass is 35.5. The van der Waals surface area contributed by atoms with Gasteiger partial charge in [-0.2, -0.15) is 0 Å². The Morgan fingerprint density at radius 2 is 2.26 bits per heavy atom. The van der Waals surface area contributed by atoms with Gasteiger partial charge in [0.05, 0.1) is 10.9 Å². The quantitative estimate of drug-likeness (QED) is 0.811. The molecule has 4 nitrogen and oxygen atoms in total. The third-order valence-corrected chi connectivity index (χ3v) is 5.20. The Hall–Kier alpha value is -1.17. The molecule has 2 aliphatic rings. The number of nitrogens with zero attached hydrogens (tertiary/aromatic N) is 3. The van der Waals surface area contributed by atoms with Crippen molar-refractivity contribution >= 4 is 46.8 Å². The highest BCUT2D eigenvalue weighted by molar-refractivity contribution is 8.18. The second kappa shape index (κ2) is 7.16. The molecule has 23 heavy (non-hydrogen) atoms. The fourth-order valence-electron chi connectivity index (χ4n) is 2.64. The van der Waals surface area contributed by atoms with Gasteiger partial charge in [-0.3, -0.25) is 9.79 Å². The second-order valence-electron chi connectivity index (χ2n) is 5.68. The molecule has 3 rings (SSSR count). The topological polar surface area (TPSA) is 35.9 Å². The van der Waals surface area contributed by atoms with Crippen LogP contribution in [0.15, 0.2) is 39.9 Å². The van der Waals surface area contributed by atoms with Crippen LogP contribution in [0.25, 0.3) is 0 Å². The number of amidine groups is 1. The number of hydrogen-bond donors (Lipinski definition) is 0. The zero-order valence-electron chi connectivity index (χ0n) is 13.2. The van der Waals surface area contributed by atoms with Gasteiger partial charge in [-0.25, -0.2) is 0 Å². The van der Waals surface area contributed by atoms with Crippen molar-refractivity contribution in [3.63, 3.8) is 0 Å². The average Bonchev–Trinajstić information content (AvgIpc) is 2.96. The molecule has 0 fully saturated rings. The van der Waals surface area contributed by atoms with E-state index in [0.29, 0.717) is 17.6 Å². The molecule has 7 heteroatoms. The van der Waals surface area contributed by atoms with Crippen molar-refractivity contribution in [2.75, 3.05) is 13.6 Å². The molecular formula is C16H19Cl2N3OS. The summed E-state index contributed by atoms with van der Waals surface area (Å²) < 4.78 is 0. The standard InChI is InChI=1S/C16H18ClN3OS.ClH/c1-10-8-20-11(2)14(22-16(20)18-10)15(21)19(3)9-12-5-4-6-13(17)7-12;/h4-7,10H,8-9H2,1-3H3;1H. The zero-order valence-corrected chi connectivity index (χ0v) is 15.6. The fraction of sp³-hybridized carbons (Fsp3) is 0.375. The number of fused-ring (bicyclic) bond motifs is 1. The maximum Gasteiger partial charge on any atom is 0.262 e. The first-order valence-corrected chi connectivity index (χ1v) is 8.39. The lowest BCUT2D eigenvalue weighted by atomic mass is 10.2. The van der Waals surface area contributed by atoms with Crippen LogP contribution in [-0.4, -0.2) is 40.5 Å². The van der Waals surface area contributed by atoms with Crippen LogP contribution in [0.1, 0.15) is 19.4 Å². The largest absolute Gasteiger partial charge is 0.337 e. The third kappa shape index (κ3) is 3.67. The predicted octanol–water partition coefficient (Wildman–Crippen LogP) is 3.76. The van der Waals surface area contributed by atoms with Gasteiger partial charge in [0.2, 0.25) is 0 Å². The van der Waals surface area contributed by atoms with E-state index in [1.807, 2.05) is 38.2 Å². The Balaban J connectivity index is 0.00000192. The smallest absolute Gasteiger partial charge is 0.262 e. The molecular weight excluding hydrogens is 353 g/mol. The molecule has 0 N–H and O–H groups in total. The highest BCUT2D eigenvalue weighted by Gasteiger charge is 2.36. The van der Waals surface area contributed by atoms with Crippen molar-refractivity contribution in [2.45, 2.75) is 26.4 Å². The lowest BCUT2D eigenvalue weighted by Gasteiger charge is -2.18. The molecule has 0 aromatic heterocycles. The molecule has 0 aliphatic carbocycles. The first-order valence-electron chi connectivity index (χ1n) is 7.19. The number of thioether (sulfide) groups is 1. The van der Waals surface area contributed by atoms with Crippen LogP contribution in [0, 0.1) is 0 Å². The molecule has 1 unspecified atom stereocenters. The van der Waals surface area contributed by atoms with E-state index >= 15 is 0 Å². The molecule has 2 heterocycles. The number of hydrogen-bond acceptors (Lipinski definition) is 4. The number of carbonyl (C=O) groups excluding carboxylic acids is 1. The van der Waals surface area contributed by atoms with Gasteiger partial charge >= 0.3 is 0 Å². The number of rotatable bonds is 3. The maximum atomic E-state index is 12.7. The van der Waals surface area contributed by atoms with Crippen molar-refractivity contribution < 1.29 is 4.79 Å². The third-order valence-electron chi connectivity index (χ3n) is 3.79. The fourth-order valence-corrected chi connectivity index (χ4v) is 4.09. The Labute approximate surface area is 152 Å². The zero-order chi connectivity index (χ0) is 15.9. The van der Waals surface area contributed by atoms with Gasteiger partial charge in [0.1, 0.15) is 0 Å². The molecule has 1 aromatic rings. The van der Waals surface area contributed by atoms with Gasteiger partial charge in [0.25, 0.3) is 5.91 Å². The average molecular weight is 372 g/mol. The number of benzene rings is 1. The Morgan fingerprint density at radius 3 is 2.91 bits per heavy atom. The minimum Gasteiger partial charge on any atom is -0.337 e. The first-order chi connectivity index (χ1) is 10.5. The van der Waals surface area contributed by atoms with E-state index < -0.39 is 0 Å². The summed E-state index contributed by atoms with van der Waals surface area (Å²) in [5, 5.41) is 1.64. The van der Waals surface area contributed by atoms with E-state index in [9.17, 15) is 4.79 Å². The van der Waals surface area contributed by atoms with E-state index in [1.165, 1.54) is 11.8 Å². The van der Waals surface area contributed by atoms with Crippen molar-refractivity contribution in [1.82, 2.24) is 9.80 Å². The van der Waals surface area contributed by atoms with Gasteiger partial charge in [0.15, 0.2) is 5.17 Å². The van der Waals surface area contributed by atoms with Crippen LogP contribution in [0.4, 0.5) is 0 Å². The van der Waals surface area contributed by atoms with Crippen LogP contribution in [-0.2, 0) is 11.3 Å². The van der Waals surface area contributed by atoms with Gasteiger partial charge in [-0.05, 0) is 43.3 Å². The van der Waals surface area contributed by atoms with Gasteiger partial charge < -0.3 is 9.80 Å². The summed E-state index contributed by atoms with van der Waals surface area (Å²) in [5.41, 5.74) is 2.03. The van der Waals surface area contributed by atoms with Crippen LogP contribution in [0.2, 0.25) is 5.02 Å². The summed E-state index contributed by atoms with van der Waals surface area (Å²) in [6, 6.07) is 7.90. The summed E-state index contributed by atoms with van der Waals surface area (Å²) in [6.07, 6.45) is 0. The van der Waals surface area contributed by atoms with Crippen LogP contribution < -0.4 is 0 Å². The number of amides is 1. The number of likely N-dealkylation sites (N-methyl/N-ethyl adjacent to an activating group) is 1. The lowest BCUT2D eigenvalue weighted by molar-refractivity contribution is -0.125. The molecule has 0 bridgehead atoms. The predicted molar refractivity (Wildman–Crippen MR) is 99.1 cm³/mol. The monoisotopic (exact) mass is 371 g/mol. The van der Waals surface area contributed by atoms with Crippen molar-refractivity contribution in [2.24, 2.45) is 4.99 Å². The summed E-state index contributed by atoms with van der Waals surface area (Å²) in [5.74, 6) is 0.0345. The van der Waals surface area contributed by atoms with Crippen LogP contribution in [0.5, 0.6) is 0 Å². The van der Waals surface area contributed by atoms with Gasteiger partial charge in [0, 0.05) is 30.9 Å². The molecule has 124 valence electrons. The Bertz CT molecular complexity index is 690. The van der Waals surface area contributed by atoms with Gasteiger partial charge in [-0.1, -0.05) is 23.7 Å². The number of halogens is 2. The molecule has 1 aromatic carbocycles. The van der Waals surface area contributed by atoms with Crippen LogP contribution in [0.3, 0.4) is 0 Å². The summed E-state index contributed by atoms with van der Waals surface area (Å²) in [6.45, 7) is 5.49. The normalized spacial score (nSPS) is 19.4. The summed E-state index contributed by atoms with van der Waals surface area (Å²) >= 11 is 7.48. The Kier molecular flexibility index (Phi) is 5.65. The molecule has 0 spiro atoms. The highest BCUT2D eigenvalue weighted by Crippen LogP contribution is 2.38. The number of aliphatic imine (C=N–C) groups is 1. The molecule has 0 radical (unpaired) electrons. The minimum absolute atomic E-state index is 0. The molecule has 1 atom stereocenters. The maximum absolute atomic E-state index is 12.7. The summed E-state index contributed by atoms with van der Waals surface area (Å²) in [4.78, 5) is 21.9. The summed E-state index contributed by atoms with van der Waals surface area (Å²) in [7, 11) is 1.82. The second-order valence-corrected chi connectivity index (χ2v) is 7.09. The van der Waals surface area contributed by atoms with E-state index in [1.54, 1.807) is 4.90 Å². The lowest BCUT2D eigenvalue weighted by Crippen LogP contribution is -2.27. The number of allylic oxidation sites excluding steroid dienone is 1. The van der Waals surface area contributed by atoms with Crippen LogP contribution >= 0.6 is 35.8 Å². The molecule has 2 aliphatic heterocycles. The van der Waals surface area contributed by atoms with Crippen molar-refractivity contribution in [3.05, 3.63) is 45.5 Å². The van der Waals surface area contributed by atoms with Crippen molar-refractivity contribution in [3.8, 4) is 0 Å². The van der Waals surface area contributed by atoms with Gasteiger partial charge in [-0.15, -0.1) is 12.4 Å². The van der Waals surface area contributed by atoms with Crippen molar-refractivity contribution in [1.29, 1.82) is 0 Å². The SMILES string of the molecule is CC1=C(C(=O)N(C)Cc2cccc(Cl)c2)SC2=NC(C)CN21.Cl. The van der Waals surface area contributed by atoms with E-state index in [2.05, 4.69) is 16.8 Å². The van der Waals surface area contributed by atoms with E-state index in [-0.39, 0.29) is 18.3 Å². The Morgan fingerprint density at radius 1 is 1.52 bits per heavy atom. The van der Waals surface area contributed by atoms with E-state index in [4.69, 9.17) is 11.6 Å². The molecule has 0 saturated heterocycles. The first kappa shape index (κ1) is 18.2. The molecule has 0 saturated carbocycles. The van der Waals surface area contributed by atoms with E-state index in [0.717, 1.165) is 27.9 Å².